The summed E-state index contributed by atoms with van der Waals surface area (Å²) in [5.41, 5.74) is 2.47. The van der Waals surface area contributed by atoms with Gasteiger partial charge in [0.1, 0.15) is 17.9 Å². The zero-order valence-electron chi connectivity index (χ0n) is 23.5. The Morgan fingerprint density at radius 3 is 2.41 bits per heavy atom. The highest BCUT2D eigenvalue weighted by atomic mass is 32.2. The molecule has 0 aliphatic carbocycles. The van der Waals surface area contributed by atoms with Gasteiger partial charge in [-0.15, -0.1) is 0 Å². The number of aromatic nitrogens is 5. The highest BCUT2D eigenvalue weighted by Gasteiger charge is 2.45. The van der Waals surface area contributed by atoms with E-state index in [4.69, 9.17) is 0 Å². The maximum Gasteiger partial charge on any atom is 0.334 e. The predicted molar refractivity (Wildman–Crippen MR) is 156 cm³/mol. The largest absolute Gasteiger partial charge is 0.480 e. The minimum Gasteiger partial charge on any atom is -0.480 e. The van der Waals surface area contributed by atoms with Crippen LogP contribution in [0.15, 0.2) is 53.6 Å². The first kappa shape index (κ1) is 28.1. The molecule has 5 rings (SSSR count). The number of aryl methyl sites for hydroxylation is 1. The molecule has 0 bridgehead atoms. The van der Waals surface area contributed by atoms with Crippen LogP contribution in [0.1, 0.15) is 26.3 Å². The minimum atomic E-state index is -3.77. The standard InChI is InChI=1S/C27H32N8O5S/c1-6-32(7-2)26-29-16-22-24(30-26)33(17(3)35(22)41(5,39)40)21(25(36)37)15-18-10-12-19(13-11-18)34-23-20(9-8-14-28-23)31(4)27(34)38/h8-14,16-17,21H,6-7,15H2,1-5H3,(H,36,37)/t17?,21-/m0/s1. The molecule has 0 saturated carbocycles. The predicted octanol–water partition coefficient (Wildman–Crippen LogP) is 1.99. The summed E-state index contributed by atoms with van der Waals surface area (Å²) < 4.78 is 29.7. The van der Waals surface area contributed by atoms with Gasteiger partial charge in [0, 0.05) is 32.8 Å². The van der Waals surface area contributed by atoms with Crippen LogP contribution in [0.4, 0.5) is 17.5 Å². The molecule has 1 aliphatic heterocycles. The van der Waals surface area contributed by atoms with Gasteiger partial charge in [-0.05, 0) is 50.6 Å². The number of benzene rings is 1. The maximum atomic E-state index is 12.9. The summed E-state index contributed by atoms with van der Waals surface area (Å²) in [4.78, 5) is 42.5. The minimum absolute atomic E-state index is 0.0598. The number of aliphatic carboxylic acids is 1. The molecule has 1 aliphatic rings. The van der Waals surface area contributed by atoms with Crippen molar-refractivity contribution in [2.24, 2.45) is 7.05 Å². The molecule has 1 unspecified atom stereocenters. The fourth-order valence-corrected chi connectivity index (χ4v) is 6.57. The van der Waals surface area contributed by atoms with Crippen molar-refractivity contribution in [1.82, 2.24) is 24.1 Å². The SMILES string of the molecule is CCN(CC)c1ncc2c(n1)N([C@@H](Cc1ccc(-n3c(=O)n(C)c4cccnc43)cc1)C(=O)O)C(C)N2S(C)(=O)=O. The van der Waals surface area contributed by atoms with Crippen molar-refractivity contribution in [1.29, 1.82) is 0 Å². The Labute approximate surface area is 237 Å². The monoisotopic (exact) mass is 580 g/mol. The van der Waals surface area contributed by atoms with E-state index in [-0.39, 0.29) is 23.6 Å². The number of carboxylic acid groups (broad SMARTS) is 1. The van der Waals surface area contributed by atoms with Crippen LogP contribution in [0, 0.1) is 0 Å². The first-order valence-corrected chi connectivity index (χ1v) is 15.1. The van der Waals surface area contributed by atoms with E-state index in [9.17, 15) is 23.1 Å². The number of pyridine rings is 1. The molecule has 0 radical (unpaired) electrons. The number of carboxylic acids is 1. The third-order valence-corrected chi connectivity index (χ3v) is 8.64. The van der Waals surface area contributed by atoms with Crippen LogP contribution >= 0.6 is 0 Å². The Balaban J connectivity index is 1.53. The Hall–Kier alpha value is -4.46. The van der Waals surface area contributed by atoms with E-state index in [0.717, 1.165) is 10.6 Å². The molecule has 1 aromatic carbocycles. The highest BCUT2D eigenvalue weighted by molar-refractivity contribution is 7.92. The second-order valence-corrected chi connectivity index (χ2v) is 11.8. The fraction of sp³-hybridized carbons (Fsp3) is 0.370. The molecule has 4 heterocycles. The van der Waals surface area contributed by atoms with Crippen molar-refractivity contribution in [3.8, 4) is 5.69 Å². The lowest BCUT2D eigenvalue weighted by atomic mass is 10.0. The van der Waals surface area contributed by atoms with Gasteiger partial charge in [-0.2, -0.15) is 4.98 Å². The van der Waals surface area contributed by atoms with Crippen molar-refractivity contribution >= 4 is 44.6 Å². The number of nitrogens with zero attached hydrogens (tertiary/aromatic N) is 8. The molecule has 41 heavy (non-hydrogen) atoms. The average molecular weight is 581 g/mol. The number of hydrogen-bond donors (Lipinski definition) is 1. The quantitative estimate of drug-likeness (QED) is 0.312. The van der Waals surface area contributed by atoms with Gasteiger partial charge in [0.2, 0.25) is 16.0 Å². The van der Waals surface area contributed by atoms with Crippen molar-refractivity contribution in [3.05, 3.63) is 64.8 Å². The number of fused-ring (bicyclic) bond motifs is 2. The summed E-state index contributed by atoms with van der Waals surface area (Å²) in [6.45, 7) is 6.80. The van der Waals surface area contributed by atoms with Crippen LogP contribution in [0.3, 0.4) is 0 Å². The first-order valence-electron chi connectivity index (χ1n) is 13.2. The summed E-state index contributed by atoms with van der Waals surface area (Å²) in [7, 11) is -2.09. The normalized spacial score (nSPS) is 15.8. The van der Waals surface area contributed by atoms with E-state index in [1.807, 2.05) is 24.8 Å². The van der Waals surface area contributed by atoms with Crippen LogP contribution < -0.4 is 19.8 Å². The van der Waals surface area contributed by atoms with Gasteiger partial charge in [-0.25, -0.2) is 36.8 Å². The summed E-state index contributed by atoms with van der Waals surface area (Å²) in [6, 6.07) is 9.45. The number of hydrogen-bond acceptors (Lipinski definition) is 9. The molecule has 14 heteroatoms. The van der Waals surface area contributed by atoms with Crippen LogP contribution in [-0.4, -0.2) is 75.1 Å². The van der Waals surface area contributed by atoms with E-state index in [1.165, 1.54) is 20.2 Å². The van der Waals surface area contributed by atoms with Gasteiger partial charge >= 0.3 is 11.7 Å². The van der Waals surface area contributed by atoms with E-state index in [0.29, 0.717) is 41.5 Å². The number of anilines is 3. The van der Waals surface area contributed by atoms with Crippen molar-refractivity contribution < 1.29 is 18.3 Å². The third kappa shape index (κ3) is 4.77. The number of imidazole rings is 1. The van der Waals surface area contributed by atoms with Crippen molar-refractivity contribution in [2.75, 3.05) is 33.5 Å². The molecule has 4 aromatic rings. The Kier molecular flexibility index (Phi) is 7.19. The van der Waals surface area contributed by atoms with Crippen LogP contribution in [-0.2, 0) is 28.3 Å². The van der Waals surface area contributed by atoms with Gasteiger partial charge in [0.15, 0.2) is 11.5 Å². The van der Waals surface area contributed by atoms with E-state index >= 15 is 0 Å². The smallest absolute Gasteiger partial charge is 0.334 e. The average Bonchev–Trinajstić information content (AvgIpc) is 3.37. The lowest BCUT2D eigenvalue weighted by molar-refractivity contribution is -0.138. The van der Waals surface area contributed by atoms with Crippen molar-refractivity contribution in [2.45, 2.75) is 39.4 Å². The molecule has 2 atom stereocenters. The van der Waals surface area contributed by atoms with Crippen LogP contribution in [0.5, 0.6) is 0 Å². The molecule has 13 nitrogen and oxygen atoms in total. The van der Waals surface area contributed by atoms with Gasteiger partial charge < -0.3 is 14.9 Å². The van der Waals surface area contributed by atoms with Gasteiger partial charge in [0.05, 0.1) is 23.7 Å². The van der Waals surface area contributed by atoms with Gasteiger partial charge in [0.25, 0.3) is 0 Å². The molecular weight excluding hydrogens is 548 g/mol. The number of carbonyl (C=O) groups is 1. The lowest BCUT2D eigenvalue weighted by Crippen LogP contribution is -2.52. The molecule has 1 N–H and O–H groups in total. The first-order chi connectivity index (χ1) is 19.5. The Morgan fingerprint density at radius 2 is 1.80 bits per heavy atom. The summed E-state index contributed by atoms with van der Waals surface area (Å²) in [6.07, 6.45) is 3.35. The molecule has 0 amide bonds. The van der Waals surface area contributed by atoms with Gasteiger partial charge in [-0.3, -0.25) is 4.57 Å². The van der Waals surface area contributed by atoms with Gasteiger partial charge in [-0.1, -0.05) is 12.1 Å². The second-order valence-electron chi connectivity index (χ2n) is 9.90. The molecular formula is C27H32N8O5S. The van der Waals surface area contributed by atoms with Crippen LogP contribution in [0.2, 0.25) is 0 Å². The Morgan fingerprint density at radius 1 is 1.12 bits per heavy atom. The zero-order valence-corrected chi connectivity index (χ0v) is 24.3. The summed E-state index contributed by atoms with van der Waals surface area (Å²) in [5.74, 6) is -0.485. The van der Waals surface area contributed by atoms with E-state index in [2.05, 4.69) is 15.0 Å². The molecule has 0 spiro atoms. The zero-order chi connectivity index (χ0) is 29.6. The number of sulfonamides is 1. The number of rotatable bonds is 9. The maximum absolute atomic E-state index is 12.9. The lowest BCUT2D eigenvalue weighted by Gasteiger charge is -2.32. The van der Waals surface area contributed by atoms with Crippen molar-refractivity contribution in [3.63, 3.8) is 0 Å². The molecule has 0 saturated heterocycles. The fourth-order valence-electron chi connectivity index (χ4n) is 5.42. The van der Waals surface area contributed by atoms with E-state index in [1.54, 1.807) is 50.5 Å². The highest BCUT2D eigenvalue weighted by Crippen LogP contribution is 2.41. The summed E-state index contributed by atoms with van der Waals surface area (Å²) >= 11 is 0. The molecule has 216 valence electrons. The topological polar surface area (TPSA) is 147 Å². The third-order valence-electron chi connectivity index (χ3n) is 7.43. The molecule has 3 aromatic heterocycles. The van der Waals surface area contributed by atoms with E-state index < -0.39 is 28.2 Å². The summed E-state index contributed by atoms with van der Waals surface area (Å²) in [5, 5.41) is 10.4. The Bertz CT molecular complexity index is 1780. The van der Waals surface area contributed by atoms with Crippen LogP contribution in [0.25, 0.3) is 16.9 Å². The molecule has 0 fully saturated rings. The second kappa shape index (κ2) is 10.5.